The molecule has 0 fully saturated rings. The number of anilines is 1. The van der Waals surface area contributed by atoms with E-state index in [1.54, 1.807) is 24.3 Å². The minimum absolute atomic E-state index is 0.0883. The lowest BCUT2D eigenvalue weighted by Gasteiger charge is -2.30. The van der Waals surface area contributed by atoms with Crippen LogP contribution in [-0.2, 0) is 27.6 Å². The second-order valence-electron chi connectivity index (χ2n) is 6.08. The number of hydrogen-bond donors (Lipinski definition) is 1. The predicted molar refractivity (Wildman–Crippen MR) is 96.8 cm³/mol. The first-order valence-corrected chi connectivity index (χ1v) is 10.2. The summed E-state index contributed by atoms with van der Waals surface area (Å²) in [7, 11) is -3.17. The maximum absolute atomic E-state index is 12.3. The Kier molecular flexibility index (Phi) is 5.19. The molecule has 2 N–H and O–H groups in total. The van der Waals surface area contributed by atoms with Crippen LogP contribution in [0.5, 0.6) is 11.6 Å². The number of carbonyl (C=O) groups is 1. The molecule has 1 aromatic heterocycles. The SMILES string of the molecule is CS(=O)(=O)CCN1C(=O)CCc2c(Oc3cc(CN)ncn3)cccc21. The number of rotatable bonds is 6. The van der Waals surface area contributed by atoms with Gasteiger partial charge in [-0.2, -0.15) is 0 Å². The van der Waals surface area contributed by atoms with Crippen molar-refractivity contribution in [1.82, 2.24) is 9.97 Å². The summed E-state index contributed by atoms with van der Waals surface area (Å²) in [4.78, 5) is 21.9. The number of ether oxygens (including phenoxy) is 1. The van der Waals surface area contributed by atoms with E-state index in [9.17, 15) is 13.2 Å². The summed E-state index contributed by atoms with van der Waals surface area (Å²) in [6.07, 6.45) is 3.37. The first-order chi connectivity index (χ1) is 12.4. The molecule has 0 bridgehead atoms. The van der Waals surface area contributed by atoms with E-state index in [0.29, 0.717) is 35.9 Å². The summed E-state index contributed by atoms with van der Waals surface area (Å²) in [5, 5.41) is 0. The van der Waals surface area contributed by atoms with Gasteiger partial charge < -0.3 is 15.4 Å². The highest BCUT2D eigenvalue weighted by atomic mass is 32.2. The normalized spacial score (nSPS) is 14.2. The number of nitrogens with zero attached hydrogens (tertiary/aromatic N) is 3. The van der Waals surface area contributed by atoms with Gasteiger partial charge in [0.2, 0.25) is 11.8 Å². The zero-order valence-corrected chi connectivity index (χ0v) is 15.2. The van der Waals surface area contributed by atoms with Gasteiger partial charge >= 0.3 is 0 Å². The summed E-state index contributed by atoms with van der Waals surface area (Å²) < 4.78 is 28.8. The third-order valence-electron chi connectivity index (χ3n) is 4.10. The molecule has 26 heavy (non-hydrogen) atoms. The zero-order valence-electron chi connectivity index (χ0n) is 14.4. The third kappa shape index (κ3) is 4.17. The number of nitrogens with two attached hydrogens (primary N) is 1. The van der Waals surface area contributed by atoms with Gasteiger partial charge in [0.1, 0.15) is 21.9 Å². The average molecular weight is 376 g/mol. The van der Waals surface area contributed by atoms with E-state index >= 15 is 0 Å². The molecule has 8 nitrogen and oxygen atoms in total. The first kappa shape index (κ1) is 18.3. The van der Waals surface area contributed by atoms with Crippen LogP contribution in [0.4, 0.5) is 5.69 Å². The van der Waals surface area contributed by atoms with Crippen molar-refractivity contribution in [1.29, 1.82) is 0 Å². The fraction of sp³-hybridized carbons (Fsp3) is 0.353. The Morgan fingerprint density at radius 2 is 2.08 bits per heavy atom. The van der Waals surface area contributed by atoms with Gasteiger partial charge in [-0.25, -0.2) is 18.4 Å². The highest BCUT2D eigenvalue weighted by Gasteiger charge is 2.27. The van der Waals surface area contributed by atoms with Crippen LogP contribution in [0.3, 0.4) is 0 Å². The van der Waals surface area contributed by atoms with Crippen molar-refractivity contribution in [2.45, 2.75) is 19.4 Å². The van der Waals surface area contributed by atoms with Crippen LogP contribution in [0.25, 0.3) is 0 Å². The zero-order chi connectivity index (χ0) is 18.7. The van der Waals surface area contributed by atoms with Gasteiger partial charge in [0.15, 0.2) is 0 Å². The van der Waals surface area contributed by atoms with Crippen LogP contribution in [0.1, 0.15) is 17.7 Å². The predicted octanol–water partition coefficient (Wildman–Crippen LogP) is 1.05. The summed E-state index contributed by atoms with van der Waals surface area (Å²) in [5.41, 5.74) is 7.77. The van der Waals surface area contributed by atoms with E-state index in [1.165, 1.54) is 11.2 Å². The second kappa shape index (κ2) is 7.38. The number of sulfone groups is 1. The lowest BCUT2D eigenvalue weighted by atomic mass is 10.00. The summed E-state index contributed by atoms with van der Waals surface area (Å²) in [6.45, 7) is 0.401. The highest BCUT2D eigenvalue weighted by molar-refractivity contribution is 7.90. The second-order valence-corrected chi connectivity index (χ2v) is 8.34. The minimum atomic E-state index is -3.17. The van der Waals surface area contributed by atoms with Crippen LogP contribution >= 0.6 is 0 Å². The summed E-state index contributed by atoms with van der Waals surface area (Å²) in [5.74, 6) is 0.773. The molecule has 2 heterocycles. The van der Waals surface area contributed by atoms with Crippen molar-refractivity contribution < 1.29 is 17.9 Å². The van der Waals surface area contributed by atoms with Crippen LogP contribution in [-0.4, -0.2) is 42.8 Å². The topological polar surface area (TPSA) is 115 Å². The van der Waals surface area contributed by atoms with Crippen molar-refractivity contribution in [3.63, 3.8) is 0 Å². The molecule has 1 aromatic carbocycles. The Morgan fingerprint density at radius 1 is 1.27 bits per heavy atom. The maximum Gasteiger partial charge on any atom is 0.227 e. The van der Waals surface area contributed by atoms with Gasteiger partial charge in [-0.3, -0.25) is 4.79 Å². The number of fused-ring (bicyclic) bond motifs is 1. The molecule has 0 aliphatic carbocycles. The van der Waals surface area contributed by atoms with E-state index in [1.807, 2.05) is 0 Å². The monoisotopic (exact) mass is 376 g/mol. The minimum Gasteiger partial charge on any atom is -0.439 e. The molecular weight excluding hydrogens is 356 g/mol. The van der Waals surface area contributed by atoms with Crippen molar-refractivity contribution in [3.8, 4) is 11.6 Å². The molecule has 0 saturated carbocycles. The van der Waals surface area contributed by atoms with Crippen molar-refractivity contribution in [2.75, 3.05) is 23.5 Å². The molecule has 0 radical (unpaired) electrons. The molecule has 1 aliphatic heterocycles. The van der Waals surface area contributed by atoms with E-state index in [-0.39, 0.29) is 24.7 Å². The molecular formula is C17H20N4O4S. The standard InChI is InChI=1S/C17H20N4O4S/c1-26(23,24)8-7-21-14-3-2-4-15(13(14)5-6-17(21)22)25-16-9-12(10-18)19-11-20-16/h2-4,9,11H,5-8,10,18H2,1H3. The maximum atomic E-state index is 12.3. The smallest absolute Gasteiger partial charge is 0.227 e. The molecule has 0 atom stereocenters. The van der Waals surface area contributed by atoms with E-state index in [4.69, 9.17) is 10.5 Å². The number of carbonyl (C=O) groups excluding carboxylic acids is 1. The quantitative estimate of drug-likeness (QED) is 0.801. The van der Waals surface area contributed by atoms with Gasteiger partial charge in [-0.1, -0.05) is 6.07 Å². The Bertz CT molecular complexity index is 930. The number of aromatic nitrogens is 2. The van der Waals surface area contributed by atoms with Crippen LogP contribution < -0.4 is 15.4 Å². The molecule has 1 amide bonds. The van der Waals surface area contributed by atoms with Gasteiger partial charge in [0.25, 0.3) is 0 Å². The fourth-order valence-electron chi connectivity index (χ4n) is 2.81. The van der Waals surface area contributed by atoms with Crippen LogP contribution in [0.15, 0.2) is 30.6 Å². The van der Waals surface area contributed by atoms with E-state index < -0.39 is 9.84 Å². The highest BCUT2D eigenvalue weighted by Crippen LogP contribution is 2.36. The molecule has 1 aliphatic rings. The number of hydrogen-bond acceptors (Lipinski definition) is 7. The first-order valence-electron chi connectivity index (χ1n) is 8.16. The molecule has 0 spiro atoms. The third-order valence-corrected chi connectivity index (χ3v) is 5.02. The average Bonchev–Trinajstić information content (AvgIpc) is 2.60. The fourth-order valence-corrected chi connectivity index (χ4v) is 3.33. The number of benzene rings is 1. The Balaban J connectivity index is 1.90. The van der Waals surface area contributed by atoms with E-state index in [0.717, 1.165) is 11.8 Å². The lowest BCUT2D eigenvalue weighted by Crippen LogP contribution is -2.38. The van der Waals surface area contributed by atoms with Gasteiger partial charge in [-0.15, -0.1) is 0 Å². The molecule has 0 saturated heterocycles. The molecule has 138 valence electrons. The van der Waals surface area contributed by atoms with Gasteiger partial charge in [0, 0.05) is 37.4 Å². The van der Waals surface area contributed by atoms with Crippen molar-refractivity contribution >= 4 is 21.4 Å². The Hall–Kier alpha value is -2.52. The number of amides is 1. The van der Waals surface area contributed by atoms with Crippen LogP contribution in [0.2, 0.25) is 0 Å². The summed E-state index contributed by atoms with van der Waals surface area (Å²) in [6, 6.07) is 7.03. The Labute approximate surface area is 151 Å². The summed E-state index contributed by atoms with van der Waals surface area (Å²) >= 11 is 0. The molecule has 9 heteroatoms. The Morgan fingerprint density at radius 3 is 2.81 bits per heavy atom. The van der Waals surface area contributed by atoms with E-state index in [2.05, 4.69) is 9.97 Å². The molecule has 2 aromatic rings. The van der Waals surface area contributed by atoms with Crippen molar-refractivity contribution in [2.24, 2.45) is 5.73 Å². The molecule has 0 unspecified atom stereocenters. The largest absolute Gasteiger partial charge is 0.439 e. The van der Waals surface area contributed by atoms with Crippen LogP contribution in [0, 0.1) is 0 Å². The van der Waals surface area contributed by atoms with Crippen molar-refractivity contribution in [3.05, 3.63) is 41.9 Å². The van der Waals surface area contributed by atoms with Gasteiger partial charge in [0.05, 0.1) is 17.1 Å². The van der Waals surface area contributed by atoms with Gasteiger partial charge in [-0.05, 0) is 18.6 Å². The lowest BCUT2D eigenvalue weighted by molar-refractivity contribution is -0.118. The molecule has 3 rings (SSSR count).